The first-order chi connectivity index (χ1) is 10.5. The summed E-state index contributed by atoms with van der Waals surface area (Å²) in [5.41, 5.74) is 0.919. The third kappa shape index (κ3) is 3.72. The first-order valence-electron chi connectivity index (χ1n) is 6.94. The fourth-order valence-electron chi connectivity index (χ4n) is 2.21. The monoisotopic (exact) mass is 307 g/mol. The molecule has 1 saturated heterocycles. The number of rotatable bonds is 6. The van der Waals surface area contributed by atoms with E-state index in [4.69, 9.17) is 4.74 Å². The van der Waals surface area contributed by atoms with E-state index in [1.165, 1.54) is 18.2 Å². The van der Waals surface area contributed by atoms with Crippen LogP contribution in [0, 0.1) is 17.0 Å². The number of cyclic esters (lactones) is 1. The predicted molar refractivity (Wildman–Crippen MR) is 77.7 cm³/mol. The van der Waals surface area contributed by atoms with Gasteiger partial charge in [0.2, 0.25) is 0 Å². The second-order valence-electron chi connectivity index (χ2n) is 4.97. The smallest absolute Gasteiger partial charge is 0.409 e. The van der Waals surface area contributed by atoms with Crippen LogP contribution in [0.3, 0.4) is 0 Å². The van der Waals surface area contributed by atoms with E-state index in [0.29, 0.717) is 43.8 Å². The van der Waals surface area contributed by atoms with E-state index in [2.05, 4.69) is 5.32 Å². The molecule has 0 radical (unpaired) electrons. The lowest BCUT2D eigenvalue weighted by Crippen LogP contribution is -2.30. The van der Waals surface area contributed by atoms with Crippen LogP contribution < -0.4 is 5.32 Å². The van der Waals surface area contributed by atoms with Crippen molar-refractivity contribution in [3.63, 3.8) is 0 Å². The second kappa shape index (κ2) is 6.88. The second-order valence-corrected chi connectivity index (χ2v) is 4.97. The van der Waals surface area contributed by atoms with Gasteiger partial charge in [-0.05, 0) is 25.0 Å². The maximum absolute atomic E-state index is 12.0. The van der Waals surface area contributed by atoms with Gasteiger partial charge in [-0.2, -0.15) is 0 Å². The van der Waals surface area contributed by atoms with Gasteiger partial charge in [-0.15, -0.1) is 0 Å². The van der Waals surface area contributed by atoms with Crippen molar-refractivity contribution in [2.24, 2.45) is 0 Å². The van der Waals surface area contributed by atoms with Gasteiger partial charge in [-0.3, -0.25) is 14.9 Å². The maximum Gasteiger partial charge on any atom is 0.409 e. The van der Waals surface area contributed by atoms with Crippen molar-refractivity contribution in [1.82, 2.24) is 10.2 Å². The highest BCUT2D eigenvalue weighted by atomic mass is 16.6. The minimum absolute atomic E-state index is 0.0402. The molecule has 22 heavy (non-hydrogen) atoms. The average Bonchev–Trinajstić information content (AvgIpc) is 2.88. The zero-order valence-electron chi connectivity index (χ0n) is 12.2. The molecule has 0 bridgehead atoms. The molecule has 1 N–H and O–H groups in total. The van der Waals surface area contributed by atoms with Crippen LogP contribution in [0.2, 0.25) is 0 Å². The molecule has 0 aliphatic carbocycles. The highest BCUT2D eigenvalue weighted by Crippen LogP contribution is 2.17. The molecule has 0 aromatic heterocycles. The molecule has 1 aliphatic rings. The van der Waals surface area contributed by atoms with Gasteiger partial charge < -0.3 is 15.0 Å². The molecule has 0 unspecified atom stereocenters. The summed E-state index contributed by atoms with van der Waals surface area (Å²) in [5.74, 6) is -0.281. The molecule has 1 heterocycles. The average molecular weight is 307 g/mol. The van der Waals surface area contributed by atoms with E-state index < -0.39 is 4.92 Å². The van der Waals surface area contributed by atoms with E-state index in [0.717, 1.165) is 0 Å². The van der Waals surface area contributed by atoms with Crippen LogP contribution in [-0.4, -0.2) is 48.1 Å². The van der Waals surface area contributed by atoms with Crippen molar-refractivity contribution >= 4 is 17.7 Å². The van der Waals surface area contributed by atoms with Gasteiger partial charge in [-0.1, -0.05) is 0 Å². The van der Waals surface area contributed by atoms with Crippen molar-refractivity contribution < 1.29 is 19.2 Å². The SMILES string of the molecule is Cc1cc([N+](=O)[O-])ccc1C(=O)NCCCN1CCOC1=O. The van der Waals surface area contributed by atoms with Crippen LogP contribution in [0.5, 0.6) is 0 Å². The van der Waals surface area contributed by atoms with Crippen LogP contribution in [0.1, 0.15) is 22.3 Å². The molecule has 1 aliphatic heterocycles. The Morgan fingerprint density at radius 3 is 2.86 bits per heavy atom. The molecule has 118 valence electrons. The molecule has 1 aromatic rings. The lowest BCUT2D eigenvalue weighted by Gasteiger charge is -2.12. The minimum Gasteiger partial charge on any atom is -0.448 e. The number of nitrogens with zero attached hydrogens (tertiary/aromatic N) is 2. The Kier molecular flexibility index (Phi) is 4.92. The van der Waals surface area contributed by atoms with Gasteiger partial charge in [0.05, 0.1) is 11.5 Å². The van der Waals surface area contributed by atoms with Gasteiger partial charge >= 0.3 is 6.09 Å². The number of carbonyl (C=O) groups is 2. The van der Waals surface area contributed by atoms with Crippen molar-refractivity contribution in [1.29, 1.82) is 0 Å². The maximum atomic E-state index is 12.0. The topological polar surface area (TPSA) is 102 Å². The number of non-ortho nitro benzene ring substituents is 1. The summed E-state index contributed by atoms with van der Waals surface area (Å²) in [6.07, 6.45) is 0.296. The molecule has 2 rings (SSSR count). The zero-order chi connectivity index (χ0) is 16.1. The summed E-state index contributed by atoms with van der Waals surface area (Å²) < 4.78 is 4.80. The number of hydrogen-bond donors (Lipinski definition) is 1. The van der Waals surface area contributed by atoms with Crippen molar-refractivity contribution in [3.05, 3.63) is 39.4 Å². The molecule has 8 nitrogen and oxygen atoms in total. The van der Waals surface area contributed by atoms with Crippen LogP contribution in [0.15, 0.2) is 18.2 Å². The minimum atomic E-state index is -0.496. The summed E-state index contributed by atoms with van der Waals surface area (Å²) in [5, 5.41) is 13.4. The van der Waals surface area contributed by atoms with E-state index in [1.807, 2.05) is 0 Å². The largest absolute Gasteiger partial charge is 0.448 e. The van der Waals surface area contributed by atoms with E-state index in [-0.39, 0.29) is 17.7 Å². The van der Waals surface area contributed by atoms with Gasteiger partial charge in [0.1, 0.15) is 6.61 Å². The molecule has 8 heteroatoms. The Balaban J connectivity index is 1.82. The summed E-state index contributed by atoms with van der Waals surface area (Å²) in [7, 11) is 0. The lowest BCUT2D eigenvalue weighted by molar-refractivity contribution is -0.384. The van der Waals surface area contributed by atoms with Crippen LogP contribution in [0.25, 0.3) is 0 Å². The number of nitro benzene ring substituents is 1. The van der Waals surface area contributed by atoms with Gasteiger partial charge in [0.25, 0.3) is 11.6 Å². The van der Waals surface area contributed by atoms with Crippen LogP contribution in [-0.2, 0) is 4.74 Å². The normalized spacial score (nSPS) is 13.9. The lowest BCUT2D eigenvalue weighted by atomic mass is 10.1. The molecule has 0 saturated carbocycles. The molecule has 1 fully saturated rings. The summed E-state index contributed by atoms with van der Waals surface area (Å²) >= 11 is 0. The fourth-order valence-corrected chi connectivity index (χ4v) is 2.21. The summed E-state index contributed by atoms with van der Waals surface area (Å²) in [4.78, 5) is 35.0. The van der Waals surface area contributed by atoms with Crippen molar-refractivity contribution in [3.8, 4) is 0 Å². The highest BCUT2D eigenvalue weighted by molar-refractivity contribution is 5.95. The number of carbonyl (C=O) groups excluding carboxylic acids is 2. The predicted octanol–water partition coefficient (Wildman–Crippen LogP) is 1.48. The van der Waals surface area contributed by atoms with Crippen molar-refractivity contribution in [2.45, 2.75) is 13.3 Å². The van der Waals surface area contributed by atoms with Crippen LogP contribution in [0.4, 0.5) is 10.5 Å². The Labute approximate surface area is 127 Å². The van der Waals surface area contributed by atoms with E-state index in [1.54, 1.807) is 11.8 Å². The molecular weight excluding hydrogens is 290 g/mol. The molecule has 1 aromatic carbocycles. The third-order valence-electron chi connectivity index (χ3n) is 3.40. The Morgan fingerprint density at radius 1 is 1.50 bits per heavy atom. The van der Waals surface area contributed by atoms with Gasteiger partial charge in [0, 0.05) is 30.8 Å². The van der Waals surface area contributed by atoms with Gasteiger partial charge in [0.15, 0.2) is 0 Å². The summed E-state index contributed by atoms with van der Waals surface area (Å²) in [6, 6.07) is 4.12. The zero-order valence-corrected chi connectivity index (χ0v) is 12.2. The molecule has 0 spiro atoms. The Hall–Kier alpha value is -2.64. The number of nitro groups is 1. The number of benzene rings is 1. The highest BCUT2D eigenvalue weighted by Gasteiger charge is 2.21. The number of amides is 2. The number of ether oxygens (including phenoxy) is 1. The van der Waals surface area contributed by atoms with Crippen LogP contribution >= 0.6 is 0 Å². The fraction of sp³-hybridized carbons (Fsp3) is 0.429. The number of aryl methyl sites for hydroxylation is 1. The standard InChI is InChI=1S/C14H17N3O5/c1-10-9-11(17(20)21)3-4-12(10)13(18)15-5-2-6-16-7-8-22-14(16)19/h3-4,9H,2,5-8H2,1H3,(H,15,18). The Morgan fingerprint density at radius 2 is 2.27 bits per heavy atom. The number of nitrogens with one attached hydrogen (secondary N) is 1. The third-order valence-corrected chi connectivity index (χ3v) is 3.40. The van der Waals surface area contributed by atoms with E-state index in [9.17, 15) is 19.7 Å². The summed E-state index contributed by atoms with van der Waals surface area (Å²) in [6.45, 7) is 3.58. The molecule has 2 amide bonds. The van der Waals surface area contributed by atoms with Crippen molar-refractivity contribution in [2.75, 3.05) is 26.2 Å². The Bertz CT molecular complexity index is 602. The quantitative estimate of drug-likeness (QED) is 0.487. The van der Waals surface area contributed by atoms with E-state index >= 15 is 0 Å². The molecular formula is C14H17N3O5. The first kappa shape index (κ1) is 15.7. The number of hydrogen-bond acceptors (Lipinski definition) is 5. The molecule has 0 atom stereocenters. The van der Waals surface area contributed by atoms with Gasteiger partial charge in [-0.25, -0.2) is 4.79 Å². The first-order valence-corrected chi connectivity index (χ1v) is 6.94.